The number of piperidine rings is 1. The van der Waals surface area contributed by atoms with Crippen molar-refractivity contribution in [1.82, 2.24) is 15.2 Å². The lowest BCUT2D eigenvalue weighted by Gasteiger charge is -2.28. The summed E-state index contributed by atoms with van der Waals surface area (Å²) in [5.74, 6) is -1.61. The largest absolute Gasteiger partial charge is 0.381 e. The first-order valence-corrected chi connectivity index (χ1v) is 11.0. The molecule has 0 aliphatic carbocycles. The summed E-state index contributed by atoms with van der Waals surface area (Å²) in [6, 6.07) is 4.07. The van der Waals surface area contributed by atoms with Gasteiger partial charge in [-0.25, -0.2) is 4.39 Å². The van der Waals surface area contributed by atoms with E-state index in [4.69, 9.17) is 0 Å². The third kappa shape index (κ3) is 4.54. The zero-order valence-electron chi connectivity index (χ0n) is 18.6. The van der Waals surface area contributed by atoms with Crippen LogP contribution in [0.3, 0.4) is 0 Å². The molecule has 1 aromatic carbocycles. The Morgan fingerprint density at radius 1 is 1.24 bits per heavy atom. The second kappa shape index (κ2) is 9.19. The van der Waals surface area contributed by atoms with Gasteiger partial charge in [0.1, 0.15) is 11.9 Å². The zero-order chi connectivity index (χ0) is 23.7. The zero-order valence-corrected chi connectivity index (χ0v) is 18.6. The fourth-order valence-corrected chi connectivity index (χ4v) is 4.40. The van der Waals surface area contributed by atoms with Crippen LogP contribution in [0.1, 0.15) is 52.1 Å². The number of aromatic amines is 1. The molecule has 0 bridgehead atoms. The van der Waals surface area contributed by atoms with E-state index in [-0.39, 0.29) is 18.4 Å². The van der Waals surface area contributed by atoms with Gasteiger partial charge in [0.05, 0.1) is 17.7 Å². The lowest BCUT2D eigenvalue weighted by atomic mass is 10.0. The lowest BCUT2D eigenvalue weighted by Crippen LogP contribution is -2.46. The Labute approximate surface area is 190 Å². The second-order valence-corrected chi connectivity index (χ2v) is 8.48. The summed E-state index contributed by atoms with van der Waals surface area (Å²) >= 11 is 0. The number of rotatable bonds is 5. The monoisotopic (exact) mass is 454 g/mol. The van der Waals surface area contributed by atoms with Crippen molar-refractivity contribution in [2.75, 3.05) is 25.0 Å². The number of fused-ring (bicyclic) bond motifs is 1. The molecule has 1 unspecified atom stereocenters. The topological polar surface area (TPSA) is 115 Å². The van der Waals surface area contributed by atoms with Crippen molar-refractivity contribution >= 4 is 35.1 Å². The molecule has 2 aromatic rings. The summed E-state index contributed by atoms with van der Waals surface area (Å²) in [4.78, 5) is 42.3. The van der Waals surface area contributed by atoms with Crippen molar-refractivity contribution in [3.8, 4) is 0 Å². The van der Waals surface area contributed by atoms with Crippen LogP contribution in [-0.4, -0.2) is 58.5 Å². The first-order chi connectivity index (χ1) is 15.8. The maximum Gasteiger partial charge on any atom is 0.256 e. The summed E-state index contributed by atoms with van der Waals surface area (Å²) in [7, 11) is 0. The maximum atomic E-state index is 13.7. The van der Waals surface area contributed by atoms with E-state index < -0.39 is 17.8 Å². The fourth-order valence-electron chi connectivity index (χ4n) is 4.40. The summed E-state index contributed by atoms with van der Waals surface area (Å²) < 4.78 is 13.7. The molecule has 0 spiro atoms. The average Bonchev–Trinajstić information content (AvgIpc) is 3.26. The number of H-pyrrole nitrogens is 1. The van der Waals surface area contributed by atoms with E-state index in [1.165, 1.54) is 18.2 Å². The van der Waals surface area contributed by atoms with Gasteiger partial charge < -0.3 is 25.6 Å². The quantitative estimate of drug-likeness (QED) is 0.519. The van der Waals surface area contributed by atoms with Crippen molar-refractivity contribution in [3.63, 3.8) is 0 Å². The minimum atomic E-state index is -1.30. The average molecular weight is 455 g/mol. The maximum absolute atomic E-state index is 13.7. The molecule has 4 rings (SSSR count). The van der Waals surface area contributed by atoms with Crippen molar-refractivity contribution in [3.05, 3.63) is 52.1 Å². The van der Waals surface area contributed by atoms with E-state index in [9.17, 15) is 23.9 Å². The molecule has 33 heavy (non-hydrogen) atoms. The number of hydrogen-bond donors (Lipinski definition) is 4. The van der Waals surface area contributed by atoms with Gasteiger partial charge in [-0.15, -0.1) is 0 Å². The highest BCUT2D eigenvalue weighted by atomic mass is 19.1. The Balaban J connectivity index is 1.49. The van der Waals surface area contributed by atoms with Crippen LogP contribution in [0.15, 0.2) is 18.2 Å². The Kier molecular flexibility index (Phi) is 6.33. The molecule has 2 aliphatic heterocycles. The Morgan fingerprint density at radius 3 is 2.70 bits per heavy atom. The van der Waals surface area contributed by atoms with Gasteiger partial charge in [0.2, 0.25) is 0 Å². The van der Waals surface area contributed by atoms with Gasteiger partial charge in [-0.2, -0.15) is 0 Å². The van der Waals surface area contributed by atoms with Gasteiger partial charge in [-0.1, -0.05) is 0 Å². The van der Waals surface area contributed by atoms with Gasteiger partial charge in [0, 0.05) is 35.7 Å². The third-order valence-corrected chi connectivity index (χ3v) is 6.17. The molecule has 9 heteroatoms. The van der Waals surface area contributed by atoms with Crippen LogP contribution in [0, 0.1) is 19.7 Å². The first kappa shape index (κ1) is 22.7. The minimum absolute atomic E-state index is 0.191. The van der Waals surface area contributed by atoms with Crippen LogP contribution in [0.25, 0.3) is 11.6 Å². The van der Waals surface area contributed by atoms with E-state index >= 15 is 0 Å². The van der Waals surface area contributed by atoms with E-state index in [1.54, 1.807) is 24.8 Å². The molecular formula is C24H27FN4O4. The van der Waals surface area contributed by atoms with Crippen LogP contribution in [0.4, 0.5) is 10.1 Å². The number of carbonyl (C=O) groups excluding carboxylic acids is 3. The van der Waals surface area contributed by atoms with E-state index in [1.807, 2.05) is 0 Å². The number of nitrogens with zero attached hydrogens (tertiary/aromatic N) is 1. The lowest BCUT2D eigenvalue weighted by molar-refractivity contribution is -0.140. The molecule has 1 aromatic heterocycles. The number of aryl methyl sites for hydroxylation is 1. The second-order valence-electron chi connectivity index (χ2n) is 8.48. The smallest absolute Gasteiger partial charge is 0.256 e. The SMILES string of the molecule is Cc1[nH]c(/C=C2\C(=O)Nc3ccc(F)cc32)c(C)c1C(=O)NCC(O)C(=O)N1CCCCC1. The van der Waals surface area contributed by atoms with Crippen LogP contribution < -0.4 is 10.6 Å². The highest BCUT2D eigenvalue weighted by Gasteiger charge is 2.27. The van der Waals surface area contributed by atoms with Crippen molar-refractivity contribution in [2.45, 2.75) is 39.2 Å². The predicted molar refractivity (Wildman–Crippen MR) is 122 cm³/mol. The highest BCUT2D eigenvalue weighted by Crippen LogP contribution is 2.34. The van der Waals surface area contributed by atoms with Gasteiger partial charge in [0.25, 0.3) is 17.7 Å². The molecule has 2 aliphatic rings. The normalized spacial score (nSPS) is 17.6. The number of likely N-dealkylation sites (tertiary alicyclic amines) is 1. The summed E-state index contributed by atoms with van der Waals surface area (Å²) in [5, 5.41) is 15.6. The number of carbonyl (C=O) groups is 3. The summed E-state index contributed by atoms with van der Waals surface area (Å²) in [6.07, 6.45) is 3.19. The van der Waals surface area contributed by atoms with Gasteiger partial charge in [0.15, 0.2) is 0 Å². The Hall–Kier alpha value is -3.46. The van der Waals surface area contributed by atoms with Gasteiger partial charge in [-0.3, -0.25) is 14.4 Å². The van der Waals surface area contributed by atoms with Gasteiger partial charge >= 0.3 is 0 Å². The number of aliphatic hydroxyl groups is 1. The Morgan fingerprint density at radius 2 is 1.97 bits per heavy atom. The van der Waals surface area contributed by atoms with Crippen molar-refractivity contribution in [1.29, 1.82) is 0 Å². The molecule has 174 valence electrons. The number of halogens is 1. The highest BCUT2D eigenvalue weighted by molar-refractivity contribution is 6.34. The van der Waals surface area contributed by atoms with Crippen LogP contribution in [-0.2, 0) is 9.59 Å². The van der Waals surface area contributed by atoms with Crippen LogP contribution in [0.2, 0.25) is 0 Å². The minimum Gasteiger partial charge on any atom is -0.381 e. The molecule has 1 saturated heterocycles. The summed E-state index contributed by atoms with van der Waals surface area (Å²) in [6.45, 7) is 4.52. The van der Waals surface area contributed by atoms with E-state index in [2.05, 4.69) is 15.6 Å². The standard InChI is InChI=1S/C24H27FN4O4/c1-13-19(11-17-16-10-15(25)6-7-18(16)28-22(17)31)27-14(2)21(13)23(32)26-12-20(30)24(33)29-8-4-3-5-9-29/h6-7,10-11,20,27,30H,3-5,8-9,12H2,1-2H3,(H,26,32)(H,28,31)/b17-11-. The molecule has 8 nitrogen and oxygen atoms in total. The van der Waals surface area contributed by atoms with Crippen molar-refractivity contribution in [2.24, 2.45) is 0 Å². The summed E-state index contributed by atoms with van der Waals surface area (Å²) in [5.41, 5.74) is 3.38. The molecule has 4 N–H and O–H groups in total. The molecule has 1 fully saturated rings. The molecule has 1 atom stereocenters. The molecular weight excluding hydrogens is 427 g/mol. The fraction of sp³-hybridized carbons (Fsp3) is 0.375. The number of anilines is 1. The van der Waals surface area contributed by atoms with E-state index in [0.29, 0.717) is 52.4 Å². The number of amides is 3. The van der Waals surface area contributed by atoms with Gasteiger partial charge in [-0.05, 0) is 62.9 Å². The number of nitrogens with one attached hydrogen (secondary N) is 3. The molecule has 0 saturated carbocycles. The van der Waals surface area contributed by atoms with Crippen LogP contribution in [0.5, 0.6) is 0 Å². The Bertz CT molecular complexity index is 1150. The van der Waals surface area contributed by atoms with E-state index in [0.717, 1.165) is 19.3 Å². The number of aromatic nitrogens is 1. The molecule has 3 amide bonds. The number of benzene rings is 1. The van der Waals surface area contributed by atoms with Crippen LogP contribution >= 0.6 is 0 Å². The first-order valence-electron chi connectivity index (χ1n) is 11.0. The molecule has 3 heterocycles. The third-order valence-electron chi connectivity index (χ3n) is 6.17. The van der Waals surface area contributed by atoms with Crippen molar-refractivity contribution < 1.29 is 23.9 Å². The number of aliphatic hydroxyl groups excluding tert-OH is 1. The predicted octanol–water partition coefficient (Wildman–Crippen LogP) is 2.37. The number of hydrogen-bond acceptors (Lipinski definition) is 4. The molecule has 0 radical (unpaired) electrons.